The number of benzene rings is 1. The molecule has 0 bridgehead atoms. The van der Waals surface area contributed by atoms with Crippen LogP contribution in [0, 0.1) is 0 Å². The highest BCUT2D eigenvalue weighted by molar-refractivity contribution is 6.19. The first-order valence-corrected chi connectivity index (χ1v) is 9.05. The minimum absolute atomic E-state index is 0.164. The lowest BCUT2D eigenvalue weighted by molar-refractivity contribution is -0.142. The number of carbonyl (C=O) groups excluding carboxylic acids is 3. The predicted octanol–water partition coefficient (Wildman–Crippen LogP) is 1.70. The average molecular weight is 373 g/mol. The van der Waals surface area contributed by atoms with Gasteiger partial charge in [0.05, 0.1) is 18.2 Å². The summed E-state index contributed by atoms with van der Waals surface area (Å²) in [7, 11) is 0. The van der Waals surface area contributed by atoms with Gasteiger partial charge in [0, 0.05) is 13.0 Å². The Bertz CT molecular complexity index is 774. The normalized spacial score (nSPS) is 22.0. The molecule has 0 unspecified atom stereocenters. The number of fused-ring (bicyclic) bond motifs is 1. The average Bonchev–Trinajstić information content (AvgIpc) is 3.04. The van der Waals surface area contributed by atoms with E-state index in [0.29, 0.717) is 24.6 Å². The molecule has 2 atom stereocenters. The molecule has 27 heavy (non-hydrogen) atoms. The SMILES string of the molecule is CC(C)c1ccc(N2C(=O)N[C@@H]3CCN(C(=O)CCC(=O)O)[C@@H]3C2=O)cc1. The molecule has 0 spiro atoms. The molecule has 2 aliphatic heterocycles. The third-order valence-electron chi connectivity index (χ3n) is 5.07. The van der Waals surface area contributed by atoms with Crippen molar-refractivity contribution in [2.75, 3.05) is 11.4 Å². The summed E-state index contributed by atoms with van der Waals surface area (Å²) in [6, 6.07) is 5.45. The Morgan fingerprint density at radius 1 is 1.19 bits per heavy atom. The Labute approximate surface area is 157 Å². The fraction of sp³-hybridized carbons (Fsp3) is 0.474. The van der Waals surface area contributed by atoms with Crippen molar-refractivity contribution in [3.8, 4) is 0 Å². The highest BCUT2D eigenvalue weighted by atomic mass is 16.4. The van der Waals surface area contributed by atoms with Gasteiger partial charge in [-0.15, -0.1) is 0 Å². The number of carboxylic acids is 1. The lowest BCUT2D eigenvalue weighted by atomic mass is 10.0. The Balaban J connectivity index is 1.82. The molecule has 2 fully saturated rings. The van der Waals surface area contributed by atoms with Gasteiger partial charge in [0.2, 0.25) is 5.91 Å². The predicted molar refractivity (Wildman–Crippen MR) is 97.3 cm³/mol. The number of aliphatic carboxylic acids is 1. The highest BCUT2D eigenvalue weighted by Crippen LogP contribution is 2.29. The van der Waals surface area contributed by atoms with Crippen LogP contribution in [0.15, 0.2) is 24.3 Å². The van der Waals surface area contributed by atoms with Crippen molar-refractivity contribution >= 4 is 29.5 Å². The number of hydrogen-bond acceptors (Lipinski definition) is 4. The molecule has 8 nitrogen and oxygen atoms in total. The van der Waals surface area contributed by atoms with Crippen LogP contribution in [0.3, 0.4) is 0 Å². The van der Waals surface area contributed by atoms with E-state index >= 15 is 0 Å². The third-order valence-corrected chi connectivity index (χ3v) is 5.07. The Hall–Kier alpha value is -2.90. The van der Waals surface area contributed by atoms with Gasteiger partial charge in [-0.05, 0) is 30.0 Å². The van der Waals surface area contributed by atoms with Gasteiger partial charge >= 0.3 is 12.0 Å². The fourth-order valence-electron chi connectivity index (χ4n) is 3.59. The molecular formula is C19H23N3O5. The van der Waals surface area contributed by atoms with Gasteiger partial charge in [-0.1, -0.05) is 26.0 Å². The number of carbonyl (C=O) groups is 4. The third kappa shape index (κ3) is 3.65. The number of anilines is 1. The minimum atomic E-state index is -1.06. The molecule has 2 N–H and O–H groups in total. The Morgan fingerprint density at radius 3 is 2.44 bits per heavy atom. The molecule has 3 rings (SSSR count). The van der Waals surface area contributed by atoms with Crippen LogP contribution in [0.25, 0.3) is 0 Å². The van der Waals surface area contributed by atoms with Crippen LogP contribution >= 0.6 is 0 Å². The zero-order valence-electron chi connectivity index (χ0n) is 15.3. The van der Waals surface area contributed by atoms with Gasteiger partial charge in [0.1, 0.15) is 6.04 Å². The van der Waals surface area contributed by atoms with Crippen molar-refractivity contribution in [1.29, 1.82) is 0 Å². The number of nitrogens with zero attached hydrogens (tertiary/aromatic N) is 2. The van der Waals surface area contributed by atoms with Gasteiger partial charge in [0.15, 0.2) is 0 Å². The number of urea groups is 1. The molecule has 1 aromatic carbocycles. The maximum atomic E-state index is 13.0. The molecule has 1 aromatic rings. The van der Waals surface area contributed by atoms with Crippen LogP contribution in [0.5, 0.6) is 0 Å². The number of hydrogen-bond donors (Lipinski definition) is 2. The summed E-state index contributed by atoms with van der Waals surface area (Å²) in [5.74, 6) is -1.58. The molecule has 0 radical (unpaired) electrons. The van der Waals surface area contributed by atoms with Crippen LogP contribution in [0.2, 0.25) is 0 Å². The Morgan fingerprint density at radius 2 is 1.85 bits per heavy atom. The minimum Gasteiger partial charge on any atom is -0.481 e. The number of amides is 4. The summed E-state index contributed by atoms with van der Waals surface area (Å²) in [5, 5.41) is 11.6. The number of imide groups is 1. The van der Waals surface area contributed by atoms with Crippen molar-refractivity contribution < 1.29 is 24.3 Å². The van der Waals surface area contributed by atoms with E-state index in [0.717, 1.165) is 10.5 Å². The quantitative estimate of drug-likeness (QED) is 0.817. The van der Waals surface area contributed by atoms with Crippen molar-refractivity contribution in [2.24, 2.45) is 0 Å². The van der Waals surface area contributed by atoms with Crippen molar-refractivity contribution in [3.05, 3.63) is 29.8 Å². The summed E-state index contributed by atoms with van der Waals surface area (Å²) in [6.45, 7) is 4.43. The van der Waals surface area contributed by atoms with Crippen LogP contribution < -0.4 is 10.2 Å². The molecule has 2 aliphatic rings. The van der Waals surface area contributed by atoms with E-state index in [1.807, 2.05) is 12.1 Å². The molecule has 8 heteroatoms. The first kappa shape index (κ1) is 18.9. The van der Waals surface area contributed by atoms with E-state index < -0.39 is 30.0 Å². The number of carboxylic acid groups (broad SMARTS) is 1. The molecule has 144 valence electrons. The summed E-state index contributed by atoms with van der Waals surface area (Å²) in [6.07, 6.45) is 0.0254. The van der Waals surface area contributed by atoms with Gasteiger partial charge in [-0.25, -0.2) is 9.69 Å². The van der Waals surface area contributed by atoms with Crippen LogP contribution in [-0.4, -0.2) is 52.4 Å². The highest BCUT2D eigenvalue weighted by Gasteiger charge is 2.49. The van der Waals surface area contributed by atoms with E-state index in [1.54, 1.807) is 12.1 Å². The van der Waals surface area contributed by atoms with E-state index in [2.05, 4.69) is 19.2 Å². The molecule has 2 saturated heterocycles. The fourth-order valence-corrected chi connectivity index (χ4v) is 3.59. The number of likely N-dealkylation sites (tertiary alicyclic amines) is 1. The second-order valence-corrected chi connectivity index (χ2v) is 7.19. The van der Waals surface area contributed by atoms with Gasteiger partial charge in [0.25, 0.3) is 5.91 Å². The van der Waals surface area contributed by atoms with Crippen LogP contribution in [0.1, 0.15) is 44.6 Å². The first-order chi connectivity index (χ1) is 12.8. The second kappa shape index (κ2) is 7.38. The summed E-state index contributed by atoms with van der Waals surface area (Å²) in [4.78, 5) is 51.1. The van der Waals surface area contributed by atoms with Crippen molar-refractivity contribution in [1.82, 2.24) is 10.2 Å². The largest absolute Gasteiger partial charge is 0.481 e. The van der Waals surface area contributed by atoms with E-state index in [-0.39, 0.29) is 18.7 Å². The smallest absolute Gasteiger partial charge is 0.329 e. The van der Waals surface area contributed by atoms with Crippen molar-refractivity contribution in [3.63, 3.8) is 0 Å². The standard InChI is InChI=1S/C19H23N3O5/c1-11(2)12-3-5-13(6-4-12)22-18(26)17-14(20-19(22)27)9-10-21(17)15(23)7-8-16(24)25/h3-6,11,14,17H,7-10H2,1-2H3,(H,20,27)(H,24,25)/t14-,17+/m1/s1. The van der Waals surface area contributed by atoms with Gasteiger partial charge < -0.3 is 15.3 Å². The lowest BCUT2D eigenvalue weighted by Gasteiger charge is -2.37. The number of nitrogens with one attached hydrogen (secondary N) is 1. The zero-order valence-corrected chi connectivity index (χ0v) is 15.3. The maximum absolute atomic E-state index is 13.0. The summed E-state index contributed by atoms with van der Waals surface area (Å²) in [5.41, 5.74) is 1.54. The molecule has 0 aromatic heterocycles. The van der Waals surface area contributed by atoms with Gasteiger partial charge in [-0.2, -0.15) is 0 Å². The zero-order chi connectivity index (χ0) is 19.7. The lowest BCUT2D eigenvalue weighted by Crippen LogP contribution is -2.65. The maximum Gasteiger partial charge on any atom is 0.329 e. The molecule has 2 heterocycles. The first-order valence-electron chi connectivity index (χ1n) is 9.05. The topological polar surface area (TPSA) is 107 Å². The second-order valence-electron chi connectivity index (χ2n) is 7.19. The Kier molecular flexibility index (Phi) is 5.16. The van der Waals surface area contributed by atoms with Gasteiger partial charge in [-0.3, -0.25) is 14.4 Å². The molecule has 0 aliphatic carbocycles. The van der Waals surface area contributed by atoms with E-state index in [4.69, 9.17) is 5.11 Å². The van der Waals surface area contributed by atoms with E-state index in [1.165, 1.54) is 4.90 Å². The molecule has 4 amide bonds. The molecule has 0 saturated carbocycles. The number of rotatable bonds is 5. The van der Waals surface area contributed by atoms with Crippen molar-refractivity contribution in [2.45, 2.75) is 51.1 Å². The van der Waals surface area contributed by atoms with E-state index in [9.17, 15) is 19.2 Å². The summed E-state index contributed by atoms with van der Waals surface area (Å²) < 4.78 is 0. The summed E-state index contributed by atoms with van der Waals surface area (Å²) >= 11 is 0. The van der Waals surface area contributed by atoms with Crippen LogP contribution in [-0.2, 0) is 14.4 Å². The molecular weight excluding hydrogens is 350 g/mol. The monoisotopic (exact) mass is 373 g/mol. The van der Waals surface area contributed by atoms with Crippen LogP contribution in [0.4, 0.5) is 10.5 Å².